The highest BCUT2D eigenvalue weighted by atomic mass is 32.2. The number of rotatable bonds is 10. The maximum absolute atomic E-state index is 13.6. The fraction of sp³-hybridized carbons (Fsp3) is 0.367. The number of sulfonamides is 1. The first kappa shape index (κ1) is 26.9. The van der Waals surface area contributed by atoms with Crippen molar-refractivity contribution in [1.29, 1.82) is 0 Å². The molecule has 7 heteroatoms. The lowest BCUT2D eigenvalue weighted by molar-refractivity contribution is -0.121. The second kappa shape index (κ2) is 12.4. The predicted molar refractivity (Wildman–Crippen MR) is 146 cm³/mol. The van der Waals surface area contributed by atoms with E-state index >= 15 is 0 Å². The lowest BCUT2D eigenvalue weighted by atomic mass is 9.86. The van der Waals surface area contributed by atoms with Crippen LogP contribution < -0.4 is 10.1 Å². The summed E-state index contributed by atoms with van der Waals surface area (Å²) in [5.74, 6) is 1.02. The number of ether oxygens (including phenoxy) is 1. The summed E-state index contributed by atoms with van der Waals surface area (Å²) in [7, 11) is -2.04. The molecule has 3 aromatic rings. The Morgan fingerprint density at radius 2 is 1.51 bits per heavy atom. The molecule has 1 saturated carbocycles. The number of benzene rings is 3. The van der Waals surface area contributed by atoms with Gasteiger partial charge in [-0.2, -0.15) is 4.31 Å². The number of hydrogen-bond acceptors (Lipinski definition) is 4. The summed E-state index contributed by atoms with van der Waals surface area (Å²) in [6, 6.07) is 24.3. The minimum Gasteiger partial charge on any atom is -0.497 e. The molecular weight excluding hydrogens is 484 g/mol. The number of amides is 1. The first-order chi connectivity index (χ1) is 17.8. The molecule has 1 aliphatic carbocycles. The third kappa shape index (κ3) is 7.43. The van der Waals surface area contributed by atoms with E-state index < -0.39 is 10.0 Å². The summed E-state index contributed by atoms with van der Waals surface area (Å²) in [6.07, 6.45) is 3.83. The van der Waals surface area contributed by atoms with Crippen molar-refractivity contribution in [2.45, 2.75) is 56.5 Å². The van der Waals surface area contributed by atoms with Crippen LogP contribution in [0.5, 0.6) is 5.75 Å². The van der Waals surface area contributed by atoms with Crippen molar-refractivity contribution >= 4 is 15.9 Å². The molecule has 0 spiro atoms. The van der Waals surface area contributed by atoms with Crippen LogP contribution in [-0.2, 0) is 27.8 Å². The Morgan fingerprint density at radius 3 is 2.14 bits per heavy atom. The predicted octanol–water partition coefficient (Wildman–Crippen LogP) is 5.11. The highest BCUT2D eigenvalue weighted by Crippen LogP contribution is 2.29. The molecule has 0 radical (unpaired) electrons. The Labute approximate surface area is 220 Å². The van der Waals surface area contributed by atoms with Crippen LogP contribution in [0.2, 0.25) is 0 Å². The summed E-state index contributed by atoms with van der Waals surface area (Å²) in [6.45, 7) is 2.78. The van der Waals surface area contributed by atoms with Gasteiger partial charge in [0.1, 0.15) is 5.75 Å². The highest BCUT2D eigenvalue weighted by Gasteiger charge is 2.30. The van der Waals surface area contributed by atoms with E-state index in [1.807, 2.05) is 61.5 Å². The molecule has 3 aromatic carbocycles. The van der Waals surface area contributed by atoms with Crippen LogP contribution in [0.4, 0.5) is 0 Å². The zero-order valence-electron chi connectivity index (χ0n) is 21.6. The van der Waals surface area contributed by atoms with Crippen LogP contribution in [0.15, 0.2) is 83.8 Å². The minimum absolute atomic E-state index is 0.0418. The van der Waals surface area contributed by atoms with E-state index in [1.165, 1.54) is 5.56 Å². The van der Waals surface area contributed by atoms with Gasteiger partial charge in [0.2, 0.25) is 15.9 Å². The van der Waals surface area contributed by atoms with Gasteiger partial charge in [0.05, 0.1) is 18.4 Å². The fourth-order valence-electron chi connectivity index (χ4n) is 4.87. The lowest BCUT2D eigenvalue weighted by Gasteiger charge is -2.33. The lowest BCUT2D eigenvalue weighted by Crippen LogP contribution is -2.41. The Bertz CT molecular complexity index is 1250. The van der Waals surface area contributed by atoms with Crippen molar-refractivity contribution in [1.82, 2.24) is 9.62 Å². The maximum atomic E-state index is 13.6. The second-order valence-corrected chi connectivity index (χ2v) is 11.8. The summed E-state index contributed by atoms with van der Waals surface area (Å²) < 4.78 is 34.0. The zero-order chi connectivity index (χ0) is 26.3. The van der Waals surface area contributed by atoms with Crippen LogP contribution in [0.25, 0.3) is 0 Å². The molecule has 37 heavy (non-hydrogen) atoms. The standard InChI is InChI=1S/C30H36N2O4S/c1-23-8-10-24(11-9-23)20-30(33)31-27-16-12-25(13-17-27)21-32(22-26-14-18-28(36-2)19-15-26)37(34,35)29-6-4-3-5-7-29/h3-11,14-15,18-19,25,27H,12-13,16-17,20-22H2,1-2H3,(H,31,33). The Kier molecular flexibility index (Phi) is 9.00. The number of aryl methyl sites for hydroxylation is 1. The van der Waals surface area contributed by atoms with Gasteiger partial charge >= 0.3 is 0 Å². The molecule has 1 amide bonds. The van der Waals surface area contributed by atoms with Gasteiger partial charge in [0.15, 0.2) is 0 Å². The maximum Gasteiger partial charge on any atom is 0.243 e. The van der Waals surface area contributed by atoms with Gasteiger partial charge in [-0.05, 0) is 73.9 Å². The van der Waals surface area contributed by atoms with Crippen molar-refractivity contribution < 1.29 is 17.9 Å². The fourth-order valence-corrected chi connectivity index (χ4v) is 6.40. The minimum atomic E-state index is -3.65. The van der Waals surface area contributed by atoms with Gasteiger partial charge in [-0.15, -0.1) is 0 Å². The molecule has 6 nitrogen and oxygen atoms in total. The Balaban J connectivity index is 1.38. The van der Waals surface area contributed by atoms with Crippen LogP contribution in [-0.4, -0.2) is 38.3 Å². The number of methoxy groups -OCH3 is 1. The number of hydrogen-bond donors (Lipinski definition) is 1. The molecule has 0 bridgehead atoms. The molecule has 196 valence electrons. The van der Waals surface area contributed by atoms with Crippen LogP contribution in [0.3, 0.4) is 0 Å². The van der Waals surface area contributed by atoms with E-state index in [0.717, 1.165) is 42.6 Å². The zero-order valence-corrected chi connectivity index (χ0v) is 22.4. The van der Waals surface area contributed by atoms with E-state index in [1.54, 1.807) is 35.7 Å². The number of carbonyl (C=O) groups excluding carboxylic acids is 1. The average Bonchev–Trinajstić information content (AvgIpc) is 2.91. The number of carbonyl (C=O) groups is 1. The van der Waals surface area contributed by atoms with E-state index in [4.69, 9.17) is 4.74 Å². The van der Waals surface area contributed by atoms with Crippen molar-refractivity contribution in [3.63, 3.8) is 0 Å². The van der Waals surface area contributed by atoms with E-state index in [2.05, 4.69) is 5.32 Å². The molecular formula is C30H36N2O4S. The van der Waals surface area contributed by atoms with Gasteiger partial charge < -0.3 is 10.1 Å². The molecule has 4 rings (SSSR count). The molecule has 0 saturated heterocycles. The largest absolute Gasteiger partial charge is 0.497 e. The summed E-state index contributed by atoms with van der Waals surface area (Å²) >= 11 is 0. The van der Waals surface area contributed by atoms with E-state index in [-0.39, 0.29) is 17.9 Å². The summed E-state index contributed by atoms with van der Waals surface area (Å²) in [5, 5.41) is 3.18. The Morgan fingerprint density at radius 1 is 0.892 bits per heavy atom. The van der Waals surface area contributed by atoms with Gasteiger partial charge in [-0.1, -0.05) is 60.2 Å². The highest BCUT2D eigenvalue weighted by molar-refractivity contribution is 7.89. The third-order valence-corrected chi connectivity index (χ3v) is 8.88. The van der Waals surface area contributed by atoms with Crippen LogP contribution in [0.1, 0.15) is 42.4 Å². The van der Waals surface area contributed by atoms with E-state index in [9.17, 15) is 13.2 Å². The SMILES string of the molecule is COc1ccc(CN(CC2CCC(NC(=O)Cc3ccc(C)cc3)CC2)S(=O)(=O)c2ccccc2)cc1. The molecule has 1 fully saturated rings. The smallest absolute Gasteiger partial charge is 0.243 e. The average molecular weight is 521 g/mol. The first-order valence-electron chi connectivity index (χ1n) is 12.9. The first-order valence-corrected chi connectivity index (χ1v) is 14.3. The van der Waals surface area contributed by atoms with Crippen molar-refractivity contribution in [3.05, 3.63) is 95.6 Å². The normalized spacial score (nSPS) is 17.9. The Hall–Kier alpha value is -3.16. The monoisotopic (exact) mass is 520 g/mol. The topological polar surface area (TPSA) is 75.7 Å². The quantitative estimate of drug-likeness (QED) is 0.403. The van der Waals surface area contributed by atoms with Crippen molar-refractivity contribution in [2.24, 2.45) is 5.92 Å². The van der Waals surface area contributed by atoms with Gasteiger partial charge in [0, 0.05) is 19.1 Å². The molecule has 0 aliphatic heterocycles. The number of nitrogens with one attached hydrogen (secondary N) is 1. The van der Waals surface area contributed by atoms with Crippen molar-refractivity contribution in [3.8, 4) is 5.75 Å². The molecule has 1 N–H and O–H groups in total. The van der Waals surface area contributed by atoms with Gasteiger partial charge in [-0.3, -0.25) is 4.79 Å². The van der Waals surface area contributed by atoms with Gasteiger partial charge in [0.25, 0.3) is 0 Å². The molecule has 0 unspecified atom stereocenters. The summed E-state index contributed by atoms with van der Waals surface area (Å²) in [5.41, 5.74) is 3.10. The van der Waals surface area contributed by atoms with Crippen LogP contribution in [0, 0.1) is 12.8 Å². The second-order valence-electron chi connectivity index (χ2n) is 9.91. The van der Waals surface area contributed by atoms with Crippen molar-refractivity contribution in [2.75, 3.05) is 13.7 Å². The number of nitrogens with zero attached hydrogens (tertiary/aromatic N) is 1. The molecule has 1 aliphatic rings. The molecule has 0 aromatic heterocycles. The third-order valence-electron chi connectivity index (χ3n) is 7.06. The van der Waals surface area contributed by atoms with Crippen LogP contribution >= 0.6 is 0 Å². The molecule has 0 atom stereocenters. The van der Waals surface area contributed by atoms with E-state index in [0.29, 0.717) is 24.4 Å². The molecule has 0 heterocycles. The van der Waals surface area contributed by atoms with Gasteiger partial charge in [-0.25, -0.2) is 8.42 Å². The summed E-state index contributed by atoms with van der Waals surface area (Å²) in [4.78, 5) is 12.9.